The summed E-state index contributed by atoms with van der Waals surface area (Å²) in [6.07, 6.45) is 2.79. The first-order valence-electron chi connectivity index (χ1n) is 5.15. The first-order valence-corrected chi connectivity index (χ1v) is 5.15. The first-order chi connectivity index (χ1) is 8.58. The van der Waals surface area contributed by atoms with E-state index in [0.717, 1.165) is 0 Å². The second-order valence-corrected chi connectivity index (χ2v) is 3.79. The van der Waals surface area contributed by atoms with Crippen molar-refractivity contribution in [2.24, 2.45) is 0 Å². The molecule has 1 atom stereocenters. The molecular formula is C11H11N3O4. The van der Waals surface area contributed by atoms with Crippen molar-refractivity contribution in [3.8, 4) is 11.5 Å². The molecule has 0 bridgehead atoms. The number of phenolic OH excluding ortho intramolecular Hbond substituents is 2. The van der Waals surface area contributed by atoms with E-state index in [-0.39, 0.29) is 17.9 Å². The number of nitrogens with zero attached hydrogens (tertiary/aromatic N) is 3. The Morgan fingerprint density at radius 3 is 2.44 bits per heavy atom. The summed E-state index contributed by atoms with van der Waals surface area (Å²) in [7, 11) is 0. The van der Waals surface area contributed by atoms with Gasteiger partial charge >= 0.3 is 5.97 Å². The standard InChI is InChI=1S/C11H11N3O4/c15-9-2-1-7(4-10(9)16)3-8(11(17)18)14-5-12-13-6-14/h1-2,4-6,8,15-16H,3H2,(H,17,18). The minimum Gasteiger partial charge on any atom is -0.504 e. The number of carbonyl (C=O) groups is 1. The van der Waals surface area contributed by atoms with Gasteiger partial charge in [-0.15, -0.1) is 10.2 Å². The summed E-state index contributed by atoms with van der Waals surface area (Å²) >= 11 is 0. The van der Waals surface area contributed by atoms with E-state index in [4.69, 9.17) is 5.11 Å². The van der Waals surface area contributed by atoms with Gasteiger partial charge in [0.1, 0.15) is 18.7 Å². The maximum absolute atomic E-state index is 11.2. The van der Waals surface area contributed by atoms with Gasteiger partial charge in [-0.05, 0) is 17.7 Å². The van der Waals surface area contributed by atoms with Crippen LogP contribution in [0.2, 0.25) is 0 Å². The van der Waals surface area contributed by atoms with E-state index in [1.807, 2.05) is 0 Å². The average Bonchev–Trinajstić information content (AvgIpc) is 2.83. The lowest BCUT2D eigenvalue weighted by Gasteiger charge is -2.13. The molecule has 3 N–H and O–H groups in total. The normalized spacial score (nSPS) is 12.2. The Bertz CT molecular complexity index is 553. The summed E-state index contributed by atoms with van der Waals surface area (Å²) in [5, 5.41) is 34.8. The van der Waals surface area contributed by atoms with Crippen LogP contribution in [0.5, 0.6) is 11.5 Å². The zero-order valence-electron chi connectivity index (χ0n) is 9.26. The van der Waals surface area contributed by atoms with E-state index < -0.39 is 12.0 Å². The van der Waals surface area contributed by atoms with Crippen molar-refractivity contribution < 1.29 is 20.1 Å². The molecule has 0 saturated heterocycles. The third-order valence-electron chi connectivity index (χ3n) is 2.55. The Hall–Kier alpha value is -2.57. The van der Waals surface area contributed by atoms with E-state index >= 15 is 0 Å². The first kappa shape index (κ1) is 11.9. The fraction of sp³-hybridized carbons (Fsp3) is 0.182. The van der Waals surface area contributed by atoms with Gasteiger partial charge in [0, 0.05) is 6.42 Å². The molecule has 2 aromatic rings. The lowest BCUT2D eigenvalue weighted by Crippen LogP contribution is -2.20. The van der Waals surface area contributed by atoms with E-state index in [2.05, 4.69) is 10.2 Å². The van der Waals surface area contributed by atoms with Crippen LogP contribution in [0.25, 0.3) is 0 Å². The van der Waals surface area contributed by atoms with Gasteiger partial charge in [0.05, 0.1) is 0 Å². The quantitative estimate of drug-likeness (QED) is 0.683. The average molecular weight is 249 g/mol. The van der Waals surface area contributed by atoms with Gasteiger partial charge in [-0.25, -0.2) is 4.79 Å². The molecule has 2 rings (SSSR count). The summed E-state index contributed by atoms with van der Waals surface area (Å²) in [4.78, 5) is 11.2. The molecule has 0 spiro atoms. The number of carboxylic acids is 1. The van der Waals surface area contributed by atoms with Crippen molar-refractivity contribution in [2.75, 3.05) is 0 Å². The number of aromatic hydroxyl groups is 2. The number of rotatable bonds is 4. The zero-order chi connectivity index (χ0) is 13.1. The smallest absolute Gasteiger partial charge is 0.327 e. The van der Waals surface area contributed by atoms with Gasteiger partial charge in [0.25, 0.3) is 0 Å². The van der Waals surface area contributed by atoms with Crippen LogP contribution in [0.3, 0.4) is 0 Å². The topological polar surface area (TPSA) is 108 Å². The second kappa shape index (κ2) is 4.74. The highest BCUT2D eigenvalue weighted by Crippen LogP contribution is 2.26. The van der Waals surface area contributed by atoms with Crippen LogP contribution < -0.4 is 0 Å². The van der Waals surface area contributed by atoms with Crippen molar-refractivity contribution in [1.82, 2.24) is 14.8 Å². The molecule has 0 radical (unpaired) electrons. The zero-order valence-corrected chi connectivity index (χ0v) is 9.26. The van der Waals surface area contributed by atoms with Crippen LogP contribution in [-0.4, -0.2) is 36.1 Å². The van der Waals surface area contributed by atoms with E-state index in [1.165, 1.54) is 29.4 Å². The van der Waals surface area contributed by atoms with Gasteiger partial charge in [-0.1, -0.05) is 6.07 Å². The minimum atomic E-state index is -1.03. The molecule has 1 unspecified atom stereocenters. The third-order valence-corrected chi connectivity index (χ3v) is 2.55. The van der Waals surface area contributed by atoms with Crippen molar-refractivity contribution in [3.05, 3.63) is 36.4 Å². The van der Waals surface area contributed by atoms with E-state index in [9.17, 15) is 15.0 Å². The molecule has 0 aliphatic heterocycles. The van der Waals surface area contributed by atoms with Gasteiger partial charge in [0.15, 0.2) is 11.5 Å². The molecule has 0 saturated carbocycles. The Balaban J connectivity index is 2.24. The monoisotopic (exact) mass is 249 g/mol. The molecule has 0 aliphatic rings. The summed E-state index contributed by atoms with van der Waals surface area (Å²) in [5.41, 5.74) is 0.589. The van der Waals surface area contributed by atoms with Gasteiger partial charge in [0.2, 0.25) is 0 Å². The van der Waals surface area contributed by atoms with Crippen LogP contribution in [-0.2, 0) is 11.2 Å². The van der Waals surface area contributed by atoms with Gasteiger partial charge in [-0.2, -0.15) is 0 Å². The largest absolute Gasteiger partial charge is 0.504 e. The Morgan fingerprint density at radius 1 is 1.22 bits per heavy atom. The van der Waals surface area contributed by atoms with Crippen LogP contribution in [0.15, 0.2) is 30.9 Å². The van der Waals surface area contributed by atoms with Gasteiger partial charge < -0.3 is 19.9 Å². The number of aromatic nitrogens is 3. The number of carboxylic acid groups (broad SMARTS) is 1. The number of phenols is 2. The summed E-state index contributed by atoms with van der Waals surface area (Å²) < 4.78 is 1.37. The van der Waals surface area contributed by atoms with Crippen LogP contribution in [0.1, 0.15) is 11.6 Å². The van der Waals surface area contributed by atoms with Crippen LogP contribution in [0.4, 0.5) is 0 Å². The maximum atomic E-state index is 11.2. The van der Waals surface area contributed by atoms with Crippen molar-refractivity contribution in [3.63, 3.8) is 0 Å². The maximum Gasteiger partial charge on any atom is 0.327 e. The number of aliphatic carboxylic acids is 1. The highest BCUT2D eigenvalue weighted by molar-refractivity contribution is 5.72. The Labute approximate surface area is 102 Å². The van der Waals surface area contributed by atoms with E-state index in [1.54, 1.807) is 6.07 Å². The number of hydrogen-bond acceptors (Lipinski definition) is 5. The molecule has 18 heavy (non-hydrogen) atoms. The fourth-order valence-corrected chi connectivity index (χ4v) is 1.61. The summed E-state index contributed by atoms with van der Waals surface area (Å²) in [6.45, 7) is 0. The SMILES string of the molecule is O=C(O)C(Cc1ccc(O)c(O)c1)n1cnnc1. The minimum absolute atomic E-state index is 0.154. The second-order valence-electron chi connectivity index (χ2n) is 3.79. The predicted octanol–water partition coefficient (Wildman–Crippen LogP) is 0.558. The van der Waals surface area contributed by atoms with Crippen molar-refractivity contribution >= 4 is 5.97 Å². The van der Waals surface area contributed by atoms with Crippen molar-refractivity contribution in [1.29, 1.82) is 0 Å². The lowest BCUT2D eigenvalue weighted by atomic mass is 10.1. The molecule has 0 amide bonds. The Morgan fingerprint density at radius 2 is 1.89 bits per heavy atom. The number of hydrogen-bond donors (Lipinski definition) is 3. The predicted molar refractivity (Wildman–Crippen MR) is 60.2 cm³/mol. The Kier molecular flexibility index (Phi) is 3.13. The third kappa shape index (κ3) is 2.40. The van der Waals surface area contributed by atoms with Crippen LogP contribution in [0, 0.1) is 0 Å². The molecule has 1 heterocycles. The number of benzene rings is 1. The summed E-state index contributed by atoms with van der Waals surface area (Å²) in [6, 6.07) is 3.34. The molecule has 94 valence electrons. The molecular weight excluding hydrogens is 238 g/mol. The molecule has 0 fully saturated rings. The molecule has 7 heteroatoms. The van der Waals surface area contributed by atoms with Crippen molar-refractivity contribution in [2.45, 2.75) is 12.5 Å². The lowest BCUT2D eigenvalue weighted by molar-refractivity contribution is -0.140. The molecule has 1 aromatic heterocycles. The highest BCUT2D eigenvalue weighted by Gasteiger charge is 2.20. The van der Waals surface area contributed by atoms with Crippen LogP contribution >= 0.6 is 0 Å². The fourth-order valence-electron chi connectivity index (χ4n) is 1.61. The highest BCUT2D eigenvalue weighted by atomic mass is 16.4. The van der Waals surface area contributed by atoms with Gasteiger partial charge in [-0.3, -0.25) is 0 Å². The molecule has 1 aromatic carbocycles. The summed E-state index contributed by atoms with van der Waals surface area (Å²) in [5.74, 6) is -1.54. The molecule has 0 aliphatic carbocycles. The molecule has 7 nitrogen and oxygen atoms in total. The van der Waals surface area contributed by atoms with E-state index in [0.29, 0.717) is 5.56 Å².